The van der Waals surface area contributed by atoms with Gasteiger partial charge in [-0.15, -0.1) is 0 Å². The Morgan fingerprint density at radius 1 is 0.415 bits per heavy atom. The van der Waals surface area contributed by atoms with Crippen LogP contribution in [0, 0.1) is 13.8 Å². The third-order valence-corrected chi connectivity index (χ3v) is 12.3. The van der Waals surface area contributed by atoms with E-state index < -0.39 is 0 Å². The largest absolute Gasteiger partial charge is 0.461 e. The highest BCUT2D eigenvalue weighted by atomic mass is 16.3. The number of aromatic nitrogens is 2. The molecule has 0 bridgehead atoms. The molecule has 0 atom stereocenters. The number of nitrogens with zero attached hydrogens (tertiary/aromatic N) is 3. The summed E-state index contributed by atoms with van der Waals surface area (Å²) in [6, 6.07) is 62.4. The van der Waals surface area contributed by atoms with Crippen molar-refractivity contribution in [2.75, 3.05) is 4.90 Å². The summed E-state index contributed by atoms with van der Waals surface area (Å²) in [5.41, 5.74) is 15.3. The molecule has 0 aliphatic rings. The van der Waals surface area contributed by atoms with Crippen LogP contribution in [0.2, 0.25) is 0 Å². The maximum atomic E-state index is 6.62. The Labute approximate surface area is 381 Å². The fraction of sp³-hybridized carbons (Fsp3) is 0.133. The Morgan fingerprint density at radius 2 is 0.862 bits per heavy atom. The molecule has 0 radical (unpaired) electrons. The van der Waals surface area contributed by atoms with Gasteiger partial charge in [0.15, 0.2) is 0 Å². The lowest BCUT2D eigenvalue weighted by molar-refractivity contribution is 0.498. The van der Waals surface area contributed by atoms with Crippen LogP contribution in [0.15, 0.2) is 197 Å². The van der Waals surface area contributed by atoms with Crippen molar-refractivity contribution in [2.45, 2.75) is 53.4 Å². The topological polar surface area (TPSA) is 55.3 Å². The van der Waals surface area contributed by atoms with E-state index in [1.807, 2.05) is 12.4 Å². The molecule has 4 heterocycles. The molecule has 10 rings (SSSR count). The second kappa shape index (κ2) is 17.4. The van der Waals surface area contributed by atoms with Crippen LogP contribution in [0.25, 0.3) is 78.2 Å². The van der Waals surface area contributed by atoms with Crippen molar-refractivity contribution in [3.05, 3.63) is 211 Å². The molecule has 4 aromatic heterocycles. The second-order valence-electron chi connectivity index (χ2n) is 17.6. The summed E-state index contributed by atoms with van der Waals surface area (Å²) in [6.45, 7) is 12.9. The van der Waals surface area contributed by atoms with Crippen molar-refractivity contribution in [1.29, 1.82) is 0 Å². The van der Waals surface area contributed by atoms with E-state index in [0.29, 0.717) is 0 Å². The minimum atomic E-state index is 0.238. The van der Waals surface area contributed by atoms with Gasteiger partial charge in [0.1, 0.15) is 23.0 Å². The first-order valence-corrected chi connectivity index (χ1v) is 22.5. The van der Waals surface area contributed by atoms with Crippen LogP contribution in [0.4, 0.5) is 17.1 Å². The number of pyridine rings is 2. The lowest BCUT2D eigenvalue weighted by Gasteiger charge is -2.29. The molecule has 318 valence electrons. The van der Waals surface area contributed by atoms with E-state index in [4.69, 9.17) is 18.8 Å². The quantitative estimate of drug-likeness (QED) is 0.130. The van der Waals surface area contributed by atoms with Crippen molar-refractivity contribution < 1.29 is 8.83 Å². The minimum absolute atomic E-state index is 0.238. The van der Waals surface area contributed by atoms with Crippen LogP contribution in [0.3, 0.4) is 0 Å². The number of rotatable bonds is 11. The number of hydrogen-bond acceptors (Lipinski definition) is 5. The van der Waals surface area contributed by atoms with Gasteiger partial charge in [-0.2, -0.15) is 0 Å². The Balaban J connectivity index is 1.25. The molecule has 0 fully saturated rings. The van der Waals surface area contributed by atoms with E-state index >= 15 is 0 Å². The van der Waals surface area contributed by atoms with Crippen LogP contribution in [-0.2, 0) is 0 Å². The normalized spacial score (nSPS) is 11.5. The second-order valence-corrected chi connectivity index (χ2v) is 17.6. The molecule has 0 aliphatic heterocycles. The summed E-state index contributed by atoms with van der Waals surface area (Å²) in [5, 5.41) is 2.26. The van der Waals surface area contributed by atoms with E-state index in [1.165, 1.54) is 0 Å². The molecule has 0 N–H and O–H groups in total. The third kappa shape index (κ3) is 8.29. The van der Waals surface area contributed by atoms with Crippen molar-refractivity contribution in [1.82, 2.24) is 9.97 Å². The van der Waals surface area contributed by atoms with E-state index in [-0.39, 0.29) is 11.8 Å². The number of benzene rings is 6. The average Bonchev–Trinajstić information content (AvgIpc) is 4.05. The highest BCUT2D eigenvalue weighted by Gasteiger charge is 2.23. The lowest BCUT2D eigenvalue weighted by Crippen LogP contribution is -2.11. The van der Waals surface area contributed by atoms with Gasteiger partial charge < -0.3 is 13.7 Å². The number of furan rings is 2. The van der Waals surface area contributed by atoms with Gasteiger partial charge in [0.25, 0.3) is 0 Å². The molecular weight excluding hydrogens is 795 g/mol. The SMILES string of the molecule is Cc1cnc(-c2cc(-c3ccc(C(C)C)o3)cc(N(c3cc(-c4cc(-c5ccccc5)c(C)cn4)cc(-c4ccc(C(C)C)o4)c3)c3cccc4ccccc34)c2)cc1-c1ccccc1. The van der Waals surface area contributed by atoms with Gasteiger partial charge in [-0.05, 0) is 131 Å². The molecule has 5 nitrogen and oxygen atoms in total. The van der Waals surface area contributed by atoms with Gasteiger partial charge in [0.2, 0.25) is 0 Å². The summed E-state index contributed by atoms with van der Waals surface area (Å²) in [7, 11) is 0. The molecule has 0 amide bonds. The smallest absolute Gasteiger partial charge is 0.134 e. The zero-order chi connectivity index (χ0) is 44.6. The molecule has 0 aliphatic carbocycles. The van der Waals surface area contributed by atoms with Gasteiger partial charge in [-0.1, -0.05) is 125 Å². The fourth-order valence-electron chi connectivity index (χ4n) is 8.75. The summed E-state index contributed by atoms with van der Waals surface area (Å²) in [4.78, 5) is 12.6. The predicted molar refractivity (Wildman–Crippen MR) is 269 cm³/mol. The number of anilines is 3. The van der Waals surface area contributed by atoms with Gasteiger partial charge >= 0.3 is 0 Å². The molecule has 0 unspecified atom stereocenters. The molecule has 10 aromatic rings. The van der Waals surface area contributed by atoms with Crippen LogP contribution in [0.1, 0.15) is 62.2 Å². The third-order valence-electron chi connectivity index (χ3n) is 12.3. The number of fused-ring (bicyclic) bond motifs is 1. The molecule has 0 saturated carbocycles. The Hall–Kier alpha value is -7.76. The van der Waals surface area contributed by atoms with Crippen LogP contribution >= 0.6 is 0 Å². The van der Waals surface area contributed by atoms with Gasteiger partial charge in [-0.25, -0.2) is 0 Å². The minimum Gasteiger partial charge on any atom is -0.461 e. The summed E-state index contributed by atoms with van der Waals surface area (Å²) in [5.74, 6) is 3.96. The molecule has 5 heteroatoms. The van der Waals surface area contributed by atoms with E-state index in [9.17, 15) is 0 Å². The van der Waals surface area contributed by atoms with Crippen molar-refractivity contribution in [3.8, 4) is 67.4 Å². The average molecular weight is 846 g/mol. The predicted octanol–water partition coefficient (Wildman–Crippen LogP) is 17.2. The number of hydrogen-bond donors (Lipinski definition) is 0. The summed E-state index contributed by atoms with van der Waals surface area (Å²) < 4.78 is 13.2. The zero-order valence-corrected chi connectivity index (χ0v) is 37.7. The van der Waals surface area contributed by atoms with E-state index in [1.54, 1.807) is 0 Å². The maximum absolute atomic E-state index is 6.62. The monoisotopic (exact) mass is 845 g/mol. The molecule has 6 aromatic carbocycles. The first-order chi connectivity index (χ1) is 31.7. The van der Waals surface area contributed by atoms with Crippen LogP contribution in [0.5, 0.6) is 0 Å². The van der Waals surface area contributed by atoms with Gasteiger partial charge in [0, 0.05) is 63.2 Å². The van der Waals surface area contributed by atoms with Crippen molar-refractivity contribution in [3.63, 3.8) is 0 Å². The van der Waals surface area contributed by atoms with Crippen LogP contribution < -0.4 is 4.90 Å². The van der Waals surface area contributed by atoms with Gasteiger partial charge in [-0.3, -0.25) is 9.97 Å². The molecule has 65 heavy (non-hydrogen) atoms. The lowest BCUT2D eigenvalue weighted by atomic mass is 9.96. The number of aryl methyl sites for hydroxylation is 2. The molecule has 0 saturated heterocycles. The Kier molecular flexibility index (Phi) is 11.1. The highest BCUT2D eigenvalue weighted by molar-refractivity contribution is 6.00. The fourth-order valence-corrected chi connectivity index (χ4v) is 8.75. The van der Waals surface area contributed by atoms with Crippen LogP contribution in [-0.4, -0.2) is 9.97 Å². The van der Waals surface area contributed by atoms with Crippen molar-refractivity contribution >= 4 is 27.8 Å². The van der Waals surface area contributed by atoms with E-state index in [2.05, 4.69) is 222 Å². The zero-order valence-electron chi connectivity index (χ0n) is 37.7. The Morgan fingerprint density at radius 3 is 1.34 bits per heavy atom. The summed E-state index contributed by atoms with van der Waals surface area (Å²) >= 11 is 0. The molecule has 0 spiro atoms. The van der Waals surface area contributed by atoms with E-state index in [0.717, 1.165) is 118 Å². The highest BCUT2D eigenvalue weighted by Crippen LogP contribution is 2.45. The summed E-state index contributed by atoms with van der Waals surface area (Å²) in [6.07, 6.45) is 3.97. The van der Waals surface area contributed by atoms with Crippen molar-refractivity contribution in [2.24, 2.45) is 0 Å². The van der Waals surface area contributed by atoms with Gasteiger partial charge in [0.05, 0.1) is 17.1 Å². The molecular formula is C60H51N3O2. The first kappa shape index (κ1) is 41.3. The first-order valence-electron chi connectivity index (χ1n) is 22.5. The Bertz CT molecular complexity index is 3120. The standard InChI is InChI=1S/C60H51N3O2/c1-38(2)57-24-26-59(64-57)47-28-45(54-34-52(40(5)36-61-54)43-16-9-7-10-17-43)30-49(32-47)63(56-23-15-21-42-20-13-14-22-51(42)56)50-31-46(29-48(33-50)60-27-25-58(65-60)39(3)4)55-35-53(41(6)37-62-55)44-18-11-8-12-19-44/h7-39H,1-6H3. The maximum Gasteiger partial charge on any atom is 0.134 e.